The topological polar surface area (TPSA) is 18.5 Å². The second kappa shape index (κ2) is 21.4. The molecule has 3 heteroatoms. The van der Waals surface area contributed by atoms with Gasteiger partial charge in [-0.1, -0.05) is 69.7 Å². The number of rotatable bonds is 10. The summed E-state index contributed by atoms with van der Waals surface area (Å²) in [7, 11) is 0. The summed E-state index contributed by atoms with van der Waals surface area (Å²) < 4.78 is 10.8. The van der Waals surface area contributed by atoms with Gasteiger partial charge in [-0.05, 0) is 44.9 Å². The van der Waals surface area contributed by atoms with Crippen molar-refractivity contribution in [1.82, 2.24) is 0 Å². The smallest absolute Gasteiger partial charge is 0.119 e. The minimum atomic E-state index is 0.649. The highest BCUT2D eigenvalue weighted by molar-refractivity contribution is 6.17. The lowest BCUT2D eigenvalue weighted by molar-refractivity contribution is 0.215. The average molecular weight is 381 g/mol. The Kier molecular flexibility index (Phi) is 21.8. The van der Waals surface area contributed by atoms with Crippen LogP contribution in [0.1, 0.15) is 52.5 Å². The average Bonchev–Trinajstić information content (AvgIpc) is 2.66. The predicted molar refractivity (Wildman–Crippen MR) is 117 cm³/mol. The molecular formula is C23H37ClO2. The van der Waals surface area contributed by atoms with Gasteiger partial charge in [0, 0.05) is 5.88 Å². The third-order valence-corrected chi connectivity index (χ3v) is 3.24. The molecule has 0 fully saturated rings. The van der Waals surface area contributed by atoms with Gasteiger partial charge in [-0.25, -0.2) is 0 Å². The molecule has 0 aliphatic heterocycles. The van der Waals surface area contributed by atoms with Gasteiger partial charge in [0.05, 0.1) is 19.0 Å². The maximum Gasteiger partial charge on any atom is 0.119 e. The Morgan fingerprint density at radius 1 is 1.08 bits per heavy atom. The quantitative estimate of drug-likeness (QED) is 0.181. The van der Waals surface area contributed by atoms with E-state index < -0.39 is 0 Å². The molecule has 0 aliphatic carbocycles. The predicted octanol–water partition coefficient (Wildman–Crippen LogP) is 7.48. The summed E-state index contributed by atoms with van der Waals surface area (Å²) in [6.45, 7) is 15.2. The van der Waals surface area contributed by atoms with E-state index in [1.165, 1.54) is 12.0 Å². The van der Waals surface area contributed by atoms with E-state index in [0.29, 0.717) is 12.5 Å². The van der Waals surface area contributed by atoms with E-state index >= 15 is 0 Å². The molecule has 2 nitrogen and oxygen atoms in total. The summed E-state index contributed by atoms with van der Waals surface area (Å²) in [5.74, 6) is 2.53. The SMILES string of the molecule is C=C/C=C\C=C(/C)OCCCCl.CC.CCCCOc1ccc(C)cc1. The molecule has 0 heterocycles. The van der Waals surface area contributed by atoms with Crippen molar-refractivity contribution in [3.63, 3.8) is 0 Å². The normalized spacial score (nSPS) is 10.3. The van der Waals surface area contributed by atoms with E-state index in [2.05, 4.69) is 32.6 Å². The number of alkyl halides is 1. The number of hydrogen-bond acceptors (Lipinski definition) is 2. The maximum absolute atomic E-state index is 5.50. The number of aryl methyl sites for hydroxylation is 1. The van der Waals surface area contributed by atoms with Gasteiger partial charge in [-0.2, -0.15) is 0 Å². The van der Waals surface area contributed by atoms with Crippen molar-refractivity contribution in [3.8, 4) is 5.75 Å². The fourth-order valence-corrected chi connectivity index (χ4v) is 1.68. The van der Waals surface area contributed by atoms with Crippen molar-refractivity contribution in [2.75, 3.05) is 19.1 Å². The van der Waals surface area contributed by atoms with Crippen molar-refractivity contribution < 1.29 is 9.47 Å². The lowest BCUT2D eigenvalue weighted by atomic mass is 10.2. The molecule has 1 aromatic carbocycles. The van der Waals surface area contributed by atoms with Gasteiger partial charge in [0.1, 0.15) is 5.75 Å². The highest BCUT2D eigenvalue weighted by atomic mass is 35.5. The maximum atomic E-state index is 5.50. The summed E-state index contributed by atoms with van der Waals surface area (Å²) in [5.41, 5.74) is 1.28. The van der Waals surface area contributed by atoms with E-state index in [1.54, 1.807) is 6.08 Å². The van der Waals surface area contributed by atoms with Crippen molar-refractivity contribution >= 4 is 11.6 Å². The summed E-state index contributed by atoms with van der Waals surface area (Å²) in [4.78, 5) is 0. The Bertz CT molecular complexity index is 475. The summed E-state index contributed by atoms with van der Waals surface area (Å²) in [5, 5.41) is 0. The minimum Gasteiger partial charge on any atom is -0.498 e. The number of ether oxygens (including phenoxy) is 2. The molecule has 26 heavy (non-hydrogen) atoms. The van der Waals surface area contributed by atoms with E-state index in [-0.39, 0.29) is 0 Å². The summed E-state index contributed by atoms with van der Waals surface area (Å²) in [6.07, 6.45) is 10.6. The Hall–Kier alpha value is -1.67. The fourth-order valence-electron chi connectivity index (χ4n) is 1.57. The van der Waals surface area contributed by atoms with E-state index in [9.17, 15) is 0 Å². The molecule has 0 spiro atoms. The van der Waals surface area contributed by atoms with Crippen molar-refractivity contribution in [1.29, 1.82) is 0 Å². The lowest BCUT2D eigenvalue weighted by Gasteiger charge is -2.04. The molecule has 0 N–H and O–H groups in total. The van der Waals surface area contributed by atoms with Crippen LogP contribution in [-0.4, -0.2) is 19.1 Å². The molecule has 0 unspecified atom stereocenters. The second-order valence-corrected chi connectivity index (χ2v) is 5.68. The van der Waals surface area contributed by atoms with Gasteiger partial charge < -0.3 is 9.47 Å². The molecule has 1 rings (SSSR count). The third kappa shape index (κ3) is 18.7. The fraction of sp³-hybridized carbons (Fsp3) is 0.478. The third-order valence-electron chi connectivity index (χ3n) is 2.97. The first-order valence-electron chi connectivity index (χ1n) is 9.48. The molecule has 0 bridgehead atoms. The van der Waals surface area contributed by atoms with Crippen LogP contribution in [0.3, 0.4) is 0 Å². The van der Waals surface area contributed by atoms with Gasteiger partial charge in [0.2, 0.25) is 0 Å². The molecule has 0 atom stereocenters. The lowest BCUT2D eigenvalue weighted by Crippen LogP contribution is -1.95. The molecule has 0 radical (unpaired) electrons. The van der Waals surface area contributed by atoms with Crippen LogP contribution in [0.25, 0.3) is 0 Å². The van der Waals surface area contributed by atoms with Gasteiger partial charge in [-0.3, -0.25) is 0 Å². The zero-order valence-electron chi connectivity index (χ0n) is 17.3. The molecule has 1 aromatic rings. The zero-order valence-corrected chi connectivity index (χ0v) is 18.0. The van der Waals surface area contributed by atoms with Crippen molar-refractivity contribution in [2.45, 2.75) is 53.9 Å². The van der Waals surface area contributed by atoms with Gasteiger partial charge in [-0.15, -0.1) is 11.6 Å². The van der Waals surface area contributed by atoms with Gasteiger partial charge in [0.25, 0.3) is 0 Å². The Balaban J connectivity index is 0. The first-order chi connectivity index (χ1) is 12.6. The Labute approximate surface area is 166 Å². The van der Waals surface area contributed by atoms with Crippen LogP contribution in [0, 0.1) is 6.92 Å². The Morgan fingerprint density at radius 3 is 2.27 bits per heavy atom. The number of unbranched alkanes of at least 4 members (excludes halogenated alkanes) is 1. The van der Waals surface area contributed by atoms with Gasteiger partial charge >= 0.3 is 0 Å². The molecule has 0 aliphatic rings. The summed E-state index contributed by atoms with van der Waals surface area (Å²) >= 11 is 5.49. The van der Waals surface area contributed by atoms with Crippen LogP contribution in [-0.2, 0) is 4.74 Å². The Morgan fingerprint density at radius 2 is 1.73 bits per heavy atom. The van der Waals surface area contributed by atoms with Crippen LogP contribution in [0.2, 0.25) is 0 Å². The first-order valence-corrected chi connectivity index (χ1v) is 10.0. The molecular weight excluding hydrogens is 344 g/mol. The summed E-state index contributed by atoms with van der Waals surface area (Å²) in [6, 6.07) is 8.18. The van der Waals surface area contributed by atoms with E-state index in [4.69, 9.17) is 21.1 Å². The van der Waals surface area contributed by atoms with E-state index in [0.717, 1.165) is 31.0 Å². The highest BCUT2D eigenvalue weighted by Crippen LogP contribution is 2.11. The van der Waals surface area contributed by atoms with Gasteiger partial charge in [0.15, 0.2) is 0 Å². The van der Waals surface area contributed by atoms with Crippen LogP contribution in [0.4, 0.5) is 0 Å². The molecule has 0 saturated heterocycles. The second-order valence-electron chi connectivity index (χ2n) is 5.30. The first kappa shape index (κ1) is 26.6. The van der Waals surface area contributed by atoms with Crippen LogP contribution in [0.5, 0.6) is 5.75 Å². The number of benzene rings is 1. The molecule has 0 saturated carbocycles. The monoisotopic (exact) mass is 380 g/mol. The number of hydrogen-bond donors (Lipinski definition) is 0. The van der Waals surface area contributed by atoms with Crippen LogP contribution in [0.15, 0.2) is 60.9 Å². The largest absolute Gasteiger partial charge is 0.498 e. The highest BCUT2D eigenvalue weighted by Gasteiger charge is 1.91. The minimum absolute atomic E-state index is 0.649. The van der Waals surface area contributed by atoms with Crippen LogP contribution < -0.4 is 4.74 Å². The number of allylic oxidation sites excluding steroid dienone is 5. The molecule has 0 aromatic heterocycles. The zero-order chi connectivity index (χ0) is 20.0. The van der Waals surface area contributed by atoms with E-state index in [1.807, 2.05) is 51.1 Å². The van der Waals surface area contributed by atoms with Crippen LogP contribution >= 0.6 is 11.6 Å². The van der Waals surface area contributed by atoms with Crippen molar-refractivity contribution in [3.05, 3.63) is 66.5 Å². The van der Waals surface area contributed by atoms with Crippen molar-refractivity contribution in [2.24, 2.45) is 0 Å². The number of halogens is 1. The standard InChI is InChI=1S/C11H16O.C10H15ClO.C2H6/c1-3-4-9-12-11-7-5-10(2)6-8-11;1-3-4-5-7-10(2)12-9-6-8-11;1-2/h5-8H,3-4,9H2,1-2H3;3-5,7H,1,6,8-9H2,2H3;1-2H3/b;5-4-,10-7+;. The molecule has 0 amide bonds. The molecule has 148 valence electrons.